The van der Waals surface area contributed by atoms with Gasteiger partial charge in [-0.3, -0.25) is 9.48 Å². The number of piperidine rings is 1. The van der Waals surface area contributed by atoms with Crippen LogP contribution in [0.2, 0.25) is 0 Å². The van der Waals surface area contributed by atoms with Crippen LogP contribution in [-0.2, 0) is 19.6 Å². The maximum Gasteiger partial charge on any atom is 0.293 e. The number of rotatable bonds is 6. The summed E-state index contributed by atoms with van der Waals surface area (Å²) >= 11 is 0. The standard InChI is InChI=1S/C17H26N6O/c1-3-21-12-9-18-16(17(21)24)22-10-6-14(7-11-22)19-13-15-5-8-20-23(15)4-2/h5,8-9,12,14,19H,3-4,6-7,10-11,13H2,1-2H3. The largest absolute Gasteiger partial charge is 0.352 e. The van der Waals surface area contributed by atoms with E-state index in [0.717, 1.165) is 39.0 Å². The Bertz CT molecular complexity index is 714. The van der Waals surface area contributed by atoms with Gasteiger partial charge in [-0.2, -0.15) is 5.10 Å². The van der Waals surface area contributed by atoms with Crippen LogP contribution in [0.15, 0.2) is 29.5 Å². The fourth-order valence-corrected chi connectivity index (χ4v) is 3.24. The van der Waals surface area contributed by atoms with Crippen molar-refractivity contribution in [3.8, 4) is 0 Å². The molecule has 3 heterocycles. The highest BCUT2D eigenvalue weighted by Gasteiger charge is 2.22. The van der Waals surface area contributed by atoms with E-state index in [-0.39, 0.29) is 5.56 Å². The Labute approximate surface area is 142 Å². The van der Waals surface area contributed by atoms with Crippen molar-refractivity contribution in [2.24, 2.45) is 0 Å². The van der Waals surface area contributed by atoms with Crippen molar-refractivity contribution in [1.82, 2.24) is 24.6 Å². The van der Waals surface area contributed by atoms with E-state index < -0.39 is 0 Å². The monoisotopic (exact) mass is 330 g/mol. The summed E-state index contributed by atoms with van der Waals surface area (Å²) in [5.41, 5.74) is 1.23. The molecule has 0 spiro atoms. The van der Waals surface area contributed by atoms with E-state index in [2.05, 4.69) is 33.3 Å². The highest BCUT2D eigenvalue weighted by molar-refractivity contribution is 5.36. The maximum atomic E-state index is 12.4. The van der Waals surface area contributed by atoms with Gasteiger partial charge >= 0.3 is 0 Å². The molecule has 7 nitrogen and oxygen atoms in total. The summed E-state index contributed by atoms with van der Waals surface area (Å²) in [5, 5.41) is 7.92. The van der Waals surface area contributed by atoms with Gasteiger partial charge in [0.1, 0.15) is 0 Å². The molecule has 1 saturated heterocycles. The number of aryl methyl sites for hydroxylation is 2. The van der Waals surface area contributed by atoms with Crippen LogP contribution in [0.4, 0.5) is 5.82 Å². The molecule has 0 amide bonds. The van der Waals surface area contributed by atoms with Crippen LogP contribution in [0.3, 0.4) is 0 Å². The van der Waals surface area contributed by atoms with Gasteiger partial charge in [-0.05, 0) is 32.8 Å². The van der Waals surface area contributed by atoms with Gasteiger partial charge in [0, 0.05) is 57.4 Å². The van der Waals surface area contributed by atoms with Gasteiger partial charge in [0.15, 0.2) is 5.82 Å². The van der Waals surface area contributed by atoms with E-state index >= 15 is 0 Å². The molecule has 1 aliphatic heterocycles. The molecule has 2 aromatic rings. The second kappa shape index (κ2) is 7.61. The van der Waals surface area contributed by atoms with Crippen LogP contribution in [0, 0.1) is 0 Å². The van der Waals surface area contributed by atoms with Crippen molar-refractivity contribution >= 4 is 5.82 Å². The van der Waals surface area contributed by atoms with Gasteiger partial charge in [-0.1, -0.05) is 0 Å². The molecule has 130 valence electrons. The Kier molecular flexibility index (Phi) is 5.30. The molecular formula is C17H26N6O. The molecule has 0 radical (unpaired) electrons. The van der Waals surface area contributed by atoms with Crippen molar-refractivity contribution < 1.29 is 0 Å². The average Bonchev–Trinajstić information content (AvgIpc) is 3.08. The number of hydrogen-bond donors (Lipinski definition) is 1. The highest BCUT2D eigenvalue weighted by atomic mass is 16.1. The van der Waals surface area contributed by atoms with E-state index in [1.165, 1.54) is 5.69 Å². The van der Waals surface area contributed by atoms with Crippen LogP contribution in [0.25, 0.3) is 0 Å². The minimum atomic E-state index is 0.0123. The summed E-state index contributed by atoms with van der Waals surface area (Å²) in [4.78, 5) is 18.8. The Morgan fingerprint density at radius 1 is 1.21 bits per heavy atom. The van der Waals surface area contributed by atoms with Gasteiger partial charge in [-0.25, -0.2) is 4.98 Å². The number of nitrogens with one attached hydrogen (secondary N) is 1. The highest BCUT2D eigenvalue weighted by Crippen LogP contribution is 2.15. The van der Waals surface area contributed by atoms with Crippen LogP contribution < -0.4 is 15.8 Å². The third kappa shape index (κ3) is 3.51. The fourth-order valence-electron chi connectivity index (χ4n) is 3.24. The molecule has 0 bridgehead atoms. The fraction of sp³-hybridized carbons (Fsp3) is 0.588. The summed E-state index contributed by atoms with van der Waals surface area (Å²) in [6, 6.07) is 2.53. The first-order valence-corrected chi connectivity index (χ1v) is 8.77. The normalized spacial score (nSPS) is 15.8. The first-order chi connectivity index (χ1) is 11.7. The van der Waals surface area contributed by atoms with Gasteiger partial charge in [-0.15, -0.1) is 0 Å². The van der Waals surface area contributed by atoms with Crippen LogP contribution in [0.1, 0.15) is 32.4 Å². The quantitative estimate of drug-likeness (QED) is 0.863. The molecule has 0 saturated carbocycles. The number of hydrogen-bond acceptors (Lipinski definition) is 5. The predicted molar refractivity (Wildman–Crippen MR) is 94.1 cm³/mol. The first-order valence-electron chi connectivity index (χ1n) is 8.77. The number of anilines is 1. The second-order valence-electron chi connectivity index (χ2n) is 6.12. The van der Waals surface area contributed by atoms with Crippen molar-refractivity contribution in [3.05, 3.63) is 40.7 Å². The Balaban J connectivity index is 1.55. The summed E-state index contributed by atoms with van der Waals surface area (Å²) in [5.74, 6) is 0.585. The zero-order valence-corrected chi connectivity index (χ0v) is 14.5. The molecule has 0 aliphatic carbocycles. The lowest BCUT2D eigenvalue weighted by atomic mass is 10.0. The molecule has 2 aromatic heterocycles. The van der Waals surface area contributed by atoms with Crippen LogP contribution >= 0.6 is 0 Å². The lowest BCUT2D eigenvalue weighted by Gasteiger charge is -2.33. The molecule has 0 unspecified atom stereocenters. The van der Waals surface area contributed by atoms with E-state index in [4.69, 9.17) is 0 Å². The first kappa shape index (κ1) is 16.7. The second-order valence-corrected chi connectivity index (χ2v) is 6.12. The van der Waals surface area contributed by atoms with Gasteiger partial charge in [0.05, 0.1) is 5.69 Å². The number of aromatic nitrogens is 4. The third-order valence-electron chi connectivity index (χ3n) is 4.71. The Morgan fingerprint density at radius 2 is 2.00 bits per heavy atom. The van der Waals surface area contributed by atoms with Crippen LogP contribution in [-0.4, -0.2) is 38.5 Å². The van der Waals surface area contributed by atoms with Crippen molar-refractivity contribution in [2.75, 3.05) is 18.0 Å². The molecule has 3 rings (SSSR count). The van der Waals surface area contributed by atoms with Crippen molar-refractivity contribution in [1.29, 1.82) is 0 Å². The van der Waals surface area contributed by atoms with Crippen molar-refractivity contribution in [3.63, 3.8) is 0 Å². The summed E-state index contributed by atoms with van der Waals surface area (Å²) in [6.07, 6.45) is 7.35. The zero-order chi connectivity index (χ0) is 16.9. The van der Waals surface area contributed by atoms with E-state index in [0.29, 0.717) is 18.4 Å². The summed E-state index contributed by atoms with van der Waals surface area (Å²) in [7, 11) is 0. The molecule has 1 aliphatic rings. The zero-order valence-electron chi connectivity index (χ0n) is 14.5. The smallest absolute Gasteiger partial charge is 0.293 e. The summed E-state index contributed by atoms with van der Waals surface area (Å²) < 4.78 is 3.72. The van der Waals surface area contributed by atoms with Crippen LogP contribution in [0.5, 0.6) is 0 Å². The summed E-state index contributed by atoms with van der Waals surface area (Å²) in [6.45, 7) is 8.21. The lowest BCUT2D eigenvalue weighted by molar-refractivity contribution is 0.404. The molecule has 7 heteroatoms. The topological polar surface area (TPSA) is 68.0 Å². The van der Waals surface area contributed by atoms with Gasteiger partial charge < -0.3 is 14.8 Å². The molecule has 24 heavy (non-hydrogen) atoms. The molecule has 0 atom stereocenters. The van der Waals surface area contributed by atoms with E-state index in [1.807, 2.05) is 17.8 Å². The lowest BCUT2D eigenvalue weighted by Crippen LogP contribution is -2.45. The van der Waals surface area contributed by atoms with Gasteiger partial charge in [0.2, 0.25) is 0 Å². The minimum absolute atomic E-state index is 0.0123. The predicted octanol–water partition coefficient (Wildman–Crippen LogP) is 1.24. The SMILES string of the molecule is CCn1nccc1CNC1CCN(c2nccn(CC)c2=O)CC1. The molecule has 1 fully saturated rings. The third-order valence-corrected chi connectivity index (χ3v) is 4.71. The van der Waals surface area contributed by atoms with Crippen molar-refractivity contribution in [2.45, 2.75) is 52.4 Å². The molecule has 1 N–H and O–H groups in total. The maximum absolute atomic E-state index is 12.4. The Morgan fingerprint density at radius 3 is 2.71 bits per heavy atom. The Hall–Kier alpha value is -2.15. The molecular weight excluding hydrogens is 304 g/mol. The van der Waals surface area contributed by atoms with E-state index in [9.17, 15) is 4.79 Å². The molecule has 0 aromatic carbocycles. The minimum Gasteiger partial charge on any atom is -0.352 e. The average molecular weight is 330 g/mol. The van der Waals surface area contributed by atoms with E-state index in [1.54, 1.807) is 17.0 Å². The van der Waals surface area contributed by atoms with Gasteiger partial charge in [0.25, 0.3) is 5.56 Å². The number of nitrogens with zero attached hydrogens (tertiary/aromatic N) is 5.